The third-order valence-corrected chi connectivity index (χ3v) is 5.92. The Balaban J connectivity index is 1.59. The number of urea groups is 1. The number of rotatable bonds is 2. The van der Waals surface area contributed by atoms with Crippen LogP contribution in [0.2, 0.25) is 5.02 Å². The quantitative estimate of drug-likeness (QED) is 0.785. The monoisotopic (exact) mass is 434 g/mol. The minimum atomic E-state index is -0.573. The highest BCUT2D eigenvalue weighted by Crippen LogP contribution is 2.27. The first-order chi connectivity index (χ1) is 14.2. The number of anilines is 1. The number of likely N-dealkylation sites (N-methyl/N-ethyl adjacent to an activating group) is 2. The third kappa shape index (κ3) is 3.80. The second-order valence-electron chi connectivity index (χ2n) is 8.03. The zero-order chi connectivity index (χ0) is 21.6. The van der Waals surface area contributed by atoms with E-state index in [2.05, 4.69) is 15.1 Å². The minimum Gasteiger partial charge on any atom is -0.307 e. The first-order valence-electron chi connectivity index (χ1n) is 9.76. The van der Waals surface area contributed by atoms with E-state index in [-0.39, 0.29) is 23.5 Å². The van der Waals surface area contributed by atoms with Gasteiger partial charge >= 0.3 is 6.03 Å². The average Bonchev–Trinajstić information content (AvgIpc) is 2.93. The summed E-state index contributed by atoms with van der Waals surface area (Å²) >= 11 is 5.78. The van der Waals surface area contributed by atoms with Gasteiger partial charge in [-0.25, -0.2) is 9.18 Å². The summed E-state index contributed by atoms with van der Waals surface area (Å²) in [5, 5.41) is 7.22. The highest BCUT2D eigenvalue weighted by Gasteiger charge is 2.36. The number of hydrogen-bond acceptors (Lipinski definition) is 5. The maximum absolute atomic E-state index is 13.4. The van der Waals surface area contributed by atoms with Crippen LogP contribution < -0.4 is 5.32 Å². The van der Waals surface area contributed by atoms with Gasteiger partial charge in [0.2, 0.25) is 0 Å². The number of nitrogens with one attached hydrogen (secondary N) is 1. The molecule has 0 spiro atoms. The smallest absolute Gasteiger partial charge is 0.307 e. The lowest BCUT2D eigenvalue weighted by Gasteiger charge is -2.27. The lowest BCUT2D eigenvalue weighted by Crippen LogP contribution is -2.44. The lowest BCUT2D eigenvalue weighted by atomic mass is 10.0. The molecule has 0 bridgehead atoms. The molecular formula is C20H24ClFN6O2. The fraction of sp³-hybridized carbons (Fsp3) is 0.450. The Morgan fingerprint density at radius 2 is 2.10 bits per heavy atom. The van der Waals surface area contributed by atoms with Gasteiger partial charge < -0.3 is 10.2 Å². The molecule has 0 saturated heterocycles. The van der Waals surface area contributed by atoms with E-state index in [9.17, 15) is 14.0 Å². The largest absolute Gasteiger partial charge is 0.328 e. The van der Waals surface area contributed by atoms with Gasteiger partial charge in [0.1, 0.15) is 5.82 Å². The Kier molecular flexibility index (Phi) is 5.52. The average molecular weight is 435 g/mol. The highest BCUT2D eigenvalue weighted by molar-refractivity contribution is 6.31. The van der Waals surface area contributed by atoms with Crippen molar-refractivity contribution in [3.63, 3.8) is 0 Å². The molecule has 1 N–H and O–H groups in total. The van der Waals surface area contributed by atoms with Crippen molar-refractivity contribution in [1.82, 2.24) is 24.5 Å². The summed E-state index contributed by atoms with van der Waals surface area (Å²) in [4.78, 5) is 31.5. The number of carbonyl (C=O) groups is 2. The summed E-state index contributed by atoms with van der Waals surface area (Å²) in [7, 11) is 6.08. The second kappa shape index (κ2) is 7.98. The van der Waals surface area contributed by atoms with Crippen LogP contribution in [0.25, 0.3) is 0 Å². The first-order valence-corrected chi connectivity index (χ1v) is 10.1. The van der Waals surface area contributed by atoms with E-state index >= 15 is 0 Å². The SMILES string of the molecule is CN1Cc2c3c(nn2C[C@@H](N(C)C)C1)CCN(C(=O)Nc1ccc(F)c(Cl)c1)C3=O. The third-order valence-electron chi connectivity index (χ3n) is 5.63. The number of halogens is 2. The standard InChI is InChI=1S/C20H24ClFN6O2/c1-25(2)13-9-26(3)11-17-18-16(24-28(17)10-13)6-7-27(19(18)29)20(30)23-12-4-5-15(22)14(21)8-12/h4-5,8,13H,6-7,9-11H2,1-3H3,(H,23,30)/t13-/m0/s1. The summed E-state index contributed by atoms with van der Waals surface area (Å²) in [5.41, 5.74) is 2.41. The molecular weight excluding hydrogens is 411 g/mol. The second-order valence-corrected chi connectivity index (χ2v) is 8.44. The molecule has 0 fully saturated rings. The molecule has 0 radical (unpaired) electrons. The molecule has 1 aromatic carbocycles. The van der Waals surface area contributed by atoms with E-state index in [1.54, 1.807) is 0 Å². The molecule has 2 aliphatic heterocycles. The van der Waals surface area contributed by atoms with Crippen molar-refractivity contribution in [2.75, 3.05) is 39.5 Å². The van der Waals surface area contributed by atoms with E-state index in [0.717, 1.165) is 17.9 Å². The Bertz CT molecular complexity index is 1010. The fourth-order valence-corrected chi connectivity index (χ4v) is 4.14. The van der Waals surface area contributed by atoms with Crippen LogP contribution in [0.3, 0.4) is 0 Å². The first kappa shape index (κ1) is 20.8. The van der Waals surface area contributed by atoms with Crippen LogP contribution in [0.1, 0.15) is 21.7 Å². The van der Waals surface area contributed by atoms with Crippen LogP contribution in [-0.4, -0.2) is 76.7 Å². The molecule has 3 amide bonds. The van der Waals surface area contributed by atoms with Crippen molar-refractivity contribution in [2.24, 2.45) is 0 Å². The van der Waals surface area contributed by atoms with E-state index in [0.29, 0.717) is 30.8 Å². The van der Waals surface area contributed by atoms with Crippen LogP contribution in [0.15, 0.2) is 18.2 Å². The number of fused-ring (bicyclic) bond motifs is 3. The van der Waals surface area contributed by atoms with Crippen molar-refractivity contribution in [3.05, 3.63) is 46.0 Å². The Morgan fingerprint density at radius 3 is 2.80 bits per heavy atom. The van der Waals surface area contributed by atoms with Crippen molar-refractivity contribution >= 4 is 29.2 Å². The summed E-state index contributed by atoms with van der Waals surface area (Å²) in [6.07, 6.45) is 0.495. The zero-order valence-corrected chi connectivity index (χ0v) is 17.9. The molecule has 0 saturated carbocycles. The van der Waals surface area contributed by atoms with Gasteiger partial charge in [-0.2, -0.15) is 5.10 Å². The van der Waals surface area contributed by atoms with Gasteiger partial charge in [-0.1, -0.05) is 11.6 Å². The Morgan fingerprint density at radius 1 is 1.33 bits per heavy atom. The molecule has 10 heteroatoms. The van der Waals surface area contributed by atoms with Crippen molar-refractivity contribution in [2.45, 2.75) is 25.6 Å². The molecule has 2 aromatic rings. The number of carbonyl (C=O) groups excluding carboxylic acids is 2. The number of aromatic nitrogens is 2. The lowest BCUT2D eigenvalue weighted by molar-refractivity contribution is 0.0796. The number of nitrogens with zero attached hydrogens (tertiary/aromatic N) is 5. The minimum absolute atomic E-state index is 0.0968. The van der Waals surface area contributed by atoms with Crippen molar-refractivity contribution in [3.8, 4) is 0 Å². The normalized spacial score (nSPS) is 19.5. The summed E-state index contributed by atoms with van der Waals surface area (Å²) in [6.45, 7) is 2.36. The molecule has 30 heavy (non-hydrogen) atoms. The highest BCUT2D eigenvalue weighted by atomic mass is 35.5. The maximum Gasteiger partial charge on any atom is 0.328 e. The van der Waals surface area contributed by atoms with Gasteiger partial charge in [0, 0.05) is 37.8 Å². The molecule has 1 aromatic heterocycles. The van der Waals surface area contributed by atoms with E-state index in [1.807, 2.05) is 25.8 Å². The predicted octanol–water partition coefficient (Wildman–Crippen LogP) is 2.28. The van der Waals surface area contributed by atoms with Crippen LogP contribution >= 0.6 is 11.6 Å². The number of amides is 3. The Hall–Kier alpha value is -2.49. The Labute approximate surface area is 179 Å². The van der Waals surface area contributed by atoms with Crippen LogP contribution in [0.5, 0.6) is 0 Å². The van der Waals surface area contributed by atoms with Crippen LogP contribution in [0, 0.1) is 5.82 Å². The number of hydrogen-bond donors (Lipinski definition) is 1. The van der Waals surface area contributed by atoms with E-state index in [4.69, 9.17) is 16.7 Å². The number of imide groups is 1. The van der Waals surface area contributed by atoms with E-state index < -0.39 is 11.8 Å². The van der Waals surface area contributed by atoms with Gasteiger partial charge in [-0.05, 0) is 39.3 Å². The molecule has 1 atom stereocenters. The molecule has 2 aliphatic rings. The molecule has 4 rings (SSSR count). The maximum atomic E-state index is 13.4. The molecule has 3 heterocycles. The predicted molar refractivity (Wildman–Crippen MR) is 111 cm³/mol. The van der Waals surface area contributed by atoms with Crippen LogP contribution in [-0.2, 0) is 19.5 Å². The summed E-state index contributed by atoms with van der Waals surface area (Å²) in [5.74, 6) is -0.934. The summed E-state index contributed by atoms with van der Waals surface area (Å²) < 4.78 is 15.3. The van der Waals surface area contributed by atoms with Gasteiger partial charge in [-0.15, -0.1) is 0 Å². The summed E-state index contributed by atoms with van der Waals surface area (Å²) in [6, 6.07) is 3.60. The van der Waals surface area contributed by atoms with Crippen LogP contribution in [0.4, 0.5) is 14.9 Å². The number of benzene rings is 1. The van der Waals surface area contributed by atoms with Gasteiger partial charge in [0.05, 0.1) is 28.5 Å². The molecule has 0 unspecified atom stereocenters. The van der Waals surface area contributed by atoms with Gasteiger partial charge in [0.25, 0.3) is 5.91 Å². The molecule has 160 valence electrons. The topological polar surface area (TPSA) is 73.7 Å². The van der Waals surface area contributed by atoms with Crippen molar-refractivity contribution in [1.29, 1.82) is 0 Å². The van der Waals surface area contributed by atoms with Gasteiger partial charge in [0.15, 0.2) is 0 Å². The molecule has 8 nitrogen and oxygen atoms in total. The van der Waals surface area contributed by atoms with Crippen molar-refractivity contribution < 1.29 is 14.0 Å². The molecule has 0 aliphatic carbocycles. The van der Waals surface area contributed by atoms with E-state index in [1.165, 1.54) is 23.1 Å². The zero-order valence-electron chi connectivity index (χ0n) is 17.2. The van der Waals surface area contributed by atoms with Gasteiger partial charge in [-0.3, -0.25) is 19.3 Å². The fourth-order valence-electron chi connectivity index (χ4n) is 3.96.